The molecule has 0 aromatic heterocycles. The second kappa shape index (κ2) is 8.60. The van der Waals surface area contributed by atoms with Gasteiger partial charge in [0.1, 0.15) is 0 Å². The maximum Gasteiger partial charge on any atom is 0.00670 e. The van der Waals surface area contributed by atoms with Crippen LogP contribution in [0.1, 0.15) is 51.4 Å². The summed E-state index contributed by atoms with van der Waals surface area (Å²) in [4.78, 5) is 0. The second-order valence-electron chi connectivity index (χ2n) is 4.34. The molecule has 0 bridgehead atoms. The quantitative estimate of drug-likeness (QED) is 0.538. The SMILES string of the molecule is CSCCCCNC1CCCCCC1. The standard InChI is InChI=1S/C12H25NS/c1-14-11-7-6-10-13-12-8-4-2-3-5-9-12/h12-13H,2-11H2,1H3. The predicted octanol–water partition coefficient (Wildman–Crippen LogP) is 3.44. The minimum Gasteiger partial charge on any atom is -0.314 e. The van der Waals surface area contributed by atoms with Gasteiger partial charge in [-0.3, -0.25) is 0 Å². The molecule has 1 rings (SSSR count). The summed E-state index contributed by atoms with van der Waals surface area (Å²) >= 11 is 1.96. The monoisotopic (exact) mass is 215 g/mol. The van der Waals surface area contributed by atoms with Crippen molar-refractivity contribution < 1.29 is 0 Å². The molecule has 0 aromatic carbocycles. The van der Waals surface area contributed by atoms with E-state index in [2.05, 4.69) is 11.6 Å². The van der Waals surface area contributed by atoms with Gasteiger partial charge in [0.05, 0.1) is 0 Å². The summed E-state index contributed by atoms with van der Waals surface area (Å²) in [7, 11) is 0. The summed E-state index contributed by atoms with van der Waals surface area (Å²) in [6.07, 6.45) is 13.6. The normalized spacial score (nSPS) is 19.5. The minimum atomic E-state index is 0.840. The van der Waals surface area contributed by atoms with Gasteiger partial charge < -0.3 is 5.32 Å². The Kier molecular flexibility index (Phi) is 7.61. The summed E-state index contributed by atoms with van der Waals surface area (Å²) in [6, 6.07) is 0.840. The molecular formula is C12H25NS. The van der Waals surface area contributed by atoms with E-state index in [-0.39, 0.29) is 0 Å². The maximum atomic E-state index is 3.71. The third-order valence-corrected chi connectivity index (χ3v) is 3.76. The maximum absolute atomic E-state index is 3.71. The smallest absolute Gasteiger partial charge is 0.00670 e. The van der Waals surface area contributed by atoms with Gasteiger partial charge in [0, 0.05) is 6.04 Å². The van der Waals surface area contributed by atoms with Crippen molar-refractivity contribution in [1.29, 1.82) is 0 Å². The van der Waals surface area contributed by atoms with Crippen molar-refractivity contribution in [2.24, 2.45) is 0 Å². The van der Waals surface area contributed by atoms with Crippen molar-refractivity contribution in [2.45, 2.75) is 57.4 Å². The van der Waals surface area contributed by atoms with E-state index < -0.39 is 0 Å². The average molecular weight is 215 g/mol. The Morgan fingerprint density at radius 2 is 1.79 bits per heavy atom. The number of hydrogen-bond acceptors (Lipinski definition) is 2. The van der Waals surface area contributed by atoms with E-state index in [4.69, 9.17) is 0 Å². The molecule has 14 heavy (non-hydrogen) atoms. The fourth-order valence-electron chi connectivity index (χ4n) is 2.16. The fraction of sp³-hybridized carbons (Fsp3) is 1.00. The zero-order valence-electron chi connectivity index (χ0n) is 9.56. The molecule has 0 spiro atoms. The number of rotatable bonds is 6. The van der Waals surface area contributed by atoms with Gasteiger partial charge in [-0.15, -0.1) is 0 Å². The summed E-state index contributed by atoms with van der Waals surface area (Å²) in [5, 5.41) is 3.71. The van der Waals surface area contributed by atoms with Crippen molar-refractivity contribution in [1.82, 2.24) is 5.32 Å². The topological polar surface area (TPSA) is 12.0 Å². The van der Waals surface area contributed by atoms with Crippen molar-refractivity contribution in [3.05, 3.63) is 0 Å². The highest BCUT2D eigenvalue weighted by Crippen LogP contribution is 2.17. The van der Waals surface area contributed by atoms with Crippen LogP contribution < -0.4 is 5.32 Å². The second-order valence-corrected chi connectivity index (χ2v) is 5.33. The van der Waals surface area contributed by atoms with Gasteiger partial charge in [-0.1, -0.05) is 25.7 Å². The molecule has 0 unspecified atom stereocenters. The lowest BCUT2D eigenvalue weighted by atomic mass is 10.1. The van der Waals surface area contributed by atoms with E-state index in [1.165, 1.54) is 63.7 Å². The van der Waals surface area contributed by atoms with Crippen LogP contribution in [0.4, 0.5) is 0 Å². The van der Waals surface area contributed by atoms with Gasteiger partial charge in [-0.2, -0.15) is 11.8 Å². The molecule has 1 nitrogen and oxygen atoms in total. The predicted molar refractivity (Wildman–Crippen MR) is 67.1 cm³/mol. The Labute approximate surface area is 93.4 Å². The zero-order valence-corrected chi connectivity index (χ0v) is 10.4. The molecule has 1 saturated carbocycles. The molecule has 0 saturated heterocycles. The lowest BCUT2D eigenvalue weighted by Gasteiger charge is -2.15. The van der Waals surface area contributed by atoms with Gasteiger partial charge in [0.25, 0.3) is 0 Å². The molecule has 1 aliphatic carbocycles. The molecule has 0 radical (unpaired) electrons. The van der Waals surface area contributed by atoms with E-state index in [9.17, 15) is 0 Å². The summed E-state index contributed by atoms with van der Waals surface area (Å²) in [6.45, 7) is 1.24. The molecule has 1 N–H and O–H groups in total. The van der Waals surface area contributed by atoms with E-state index in [1.54, 1.807) is 0 Å². The average Bonchev–Trinajstić information content (AvgIpc) is 2.46. The first-order valence-corrected chi connectivity index (χ1v) is 7.55. The van der Waals surface area contributed by atoms with Gasteiger partial charge in [-0.05, 0) is 44.2 Å². The highest BCUT2D eigenvalue weighted by atomic mass is 32.2. The van der Waals surface area contributed by atoms with Crippen molar-refractivity contribution in [3.63, 3.8) is 0 Å². The van der Waals surface area contributed by atoms with Crippen LogP contribution in [-0.2, 0) is 0 Å². The molecular weight excluding hydrogens is 190 g/mol. The Balaban J connectivity index is 1.93. The Morgan fingerprint density at radius 1 is 1.07 bits per heavy atom. The lowest BCUT2D eigenvalue weighted by molar-refractivity contribution is 0.455. The first-order valence-electron chi connectivity index (χ1n) is 6.16. The molecule has 0 aliphatic heterocycles. The van der Waals surface area contributed by atoms with Crippen LogP contribution in [0.5, 0.6) is 0 Å². The van der Waals surface area contributed by atoms with E-state index in [1.807, 2.05) is 11.8 Å². The van der Waals surface area contributed by atoms with Crippen LogP contribution in [0.25, 0.3) is 0 Å². The Hall–Kier alpha value is 0.310. The van der Waals surface area contributed by atoms with E-state index in [0.717, 1.165) is 6.04 Å². The van der Waals surface area contributed by atoms with Crippen molar-refractivity contribution in [2.75, 3.05) is 18.6 Å². The molecule has 0 atom stereocenters. The molecule has 0 amide bonds. The summed E-state index contributed by atoms with van der Waals surface area (Å²) < 4.78 is 0. The van der Waals surface area contributed by atoms with Gasteiger partial charge in [0.15, 0.2) is 0 Å². The van der Waals surface area contributed by atoms with Crippen molar-refractivity contribution >= 4 is 11.8 Å². The van der Waals surface area contributed by atoms with Crippen LogP contribution in [0, 0.1) is 0 Å². The molecule has 0 heterocycles. The Morgan fingerprint density at radius 3 is 2.43 bits per heavy atom. The third kappa shape index (κ3) is 5.92. The van der Waals surface area contributed by atoms with Crippen LogP contribution in [-0.4, -0.2) is 24.6 Å². The van der Waals surface area contributed by atoms with Gasteiger partial charge in [-0.25, -0.2) is 0 Å². The van der Waals surface area contributed by atoms with Crippen LogP contribution in [0.3, 0.4) is 0 Å². The molecule has 84 valence electrons. The minimum absolute atomic E-state index is 0.840. The highest BCUT2D eigenvalue weighted by Gasteiger charge is 2.10. The van der Waals surface area contributed by atoms with Crippen LogP contribution in [0.2, 0.25) is 0 Å². The number of hydrogen-bond donors (Lipinski definition) is 1. The largest absolute Gasteiger partial charge is 0.314 e. The van der Waals surface area contributed by atoms with Crippen LogP contribution >= 0.6 is 11.8 Å². The van der Waals surface area contributed by atoms with Gasteiger partial charge in [0.2, 0.25) is 0 Å². The third-order valence-electron chi connectivity index (χ3n) is 3.06. The number of nitrogens with one attached hydrogen (secondary N) is 1. The highest BCUT2D eigenvalue weighted by molar-refractivity contribution is 7.98. The first kappa shape index (κ1) is 12.4. The lowest BCUT2D eigenvalue weighted by Crippen LogP contribution is -2.29. The number of unbranched alkanes of at least 4 members (excludes halogenated alkanes) is 1. The molecule has 0 aromatic rings. The number of thioether (sulfide) groups is 1. The summed E-state index contributed by atoms with van der Waals surface area (Å²) in [5.41, 5.74) is 0. The van der Waals surface area contributed by atoms with E-state index in [0.29, 0.717) is 0 Å². The van der Waals surface area contributed by atoms with Crippen LogP contribution in [0.15, 0.2) is 0 Å². The molecule has 1 fully saturated rings. The summed E-state index contributed by atoms with van der Waals surface area (Å²) in [5.74, 6) is 1.33. The molecule has 2 heteroatoms. The van der Waals surface area contributed by atoms with Gasteiger partial charge >= 0.3 is 0 Å². The zero-order chi connectivity index (χ0) is 10.1. The van der Waals surface area contributed by atoms with E-state index >= 15 is 0 Å². The fourth-order valence-corrected chi connectivity index (χ4v) is 2.65. The molecule has 1 aliphatic rings. The first-order chi connectivity index (χ1) is 6.93. The Bertz CT molecular complexity index is 119. The van der Waals surface area contributed by atoms with Crippen molar-refractivity contribution in [3.8, 4) is 0 Å².